The van der Waals surface area contributed by atoms with Gasteiger partial charge in [0.2, 0.25) is 0 Å². The number of amides is 2. The molecule has 0 aromatic carbocycles. The molecule has 12 heteroatoms. The van der Waals surface area contributed by atoms with E-state index >= 15 is 0 Å². The fraction of sp³-hybridized carbons (Fsp3) is 0.913. The summed E-state index contributed by atoms with van der Waals surface area (Å²) in [7, 11) is 0.500. The van der Waals surface area contributed by atoms with E-state index in [0.717, 1.165) is 0 Å². The summed E-state index contributed by atoms with van der Waals surface area (Å²) >= 11 is 0. The zero-order valence-electron chi connectivity index (χ0n) is 22.0. The van der Waals surface area contributed by atoms with Crippen molar-refractivity contribution < 1.29 is 47.2 Å². The first-order valence-electron chi connectivity index (χ1n) is 11.6. The van der Waals surface area contributed by atoms with E-state index in [4.69, 9.17) is 23.7 Å². The van der Waals surface area contributed by atoms with Crippen LogP contribution in [0.5, 0.6) is 0 Å². The molecule has 1 spiro atoms. The number of halogens is 2. The van der Waals surface area contributed by atoms with Gasteiger partial charge in [0, 0.05) is 13.1 Å². The number of rotatable bonds is 1. The standard InChI is InChI=1S/C11H20FNO4.C11H19NO4.CH3F/c1-10(2,3)17-9(14)13-4-5-16-8-11(15,6-12)7-13;1-10(2,3)16-9(13)12-4-5-14-7-11(6-12)8-15-11;1-2/h15H,4-8H2,1-3H3;4-8H2,1-3H3;1H3. The van der Waals surface area contributed by atoms with E-state index in [2.05, 4.69) is 0 Å². The Bertz CT molecular complexity index is 679. The SMILES string of the molecule is CC(C)(C)OC(=O)N1CCOCC(O)(CF)C1.CC(C)(C)OC(=O)N1CCOCC2(CO2)C1.CF. The molecule has 0 bridgehead atoms. The third-order valence-corrected chi connectivity index (χ3v) is 4.82. The first kappa shape index (κ1) is 31.3. The molecule has 3 aliphatic heterocycles. The lowest BCUT2D eigenvalue weighted by atomic mass is 10.1. The van der Waals surface area contributed by atoms with Crippen LogP contribution in [0.2, 0.25) is 0 Å². The van der Waals surface area contributed by atoms with Gasteiger partial charge < -0.3 is 38.6 Å². The molecule has 1 N–H and O–H groups in total. The van der Waals surface area contributed by atoms with Gasteiger partial charge in [0.25, 0.3) is 0 Å². The number of carbonyl (C=O) groups is 2. The largest absolute Gasteiger partial charge is 0.444 e. The summed E-state index contributed by atoms with van der Waals surface area (Å²) in [4.78, 5) is 26.6. The van der Waals surface area contributed by atoms with Crippen LogP contribution in [-0.4, -0.2) is 123 Å². The Morgan fingerprint density at radius 1 is 0.857 bits per heavy atom. The summed E-state index contributed by atoms with van der Waals surface area (Å²) in [5.41, 5.74) is -2.96. The Kier molecular flexibility index (Phi) is 11.6. The van der Waals surface area contributed by atoms with Crippen molar-refractivity contribution in [2.24, 2.45) is 0 Å². The summed E-state index contributed by atoms with van der Waals surface area (Å²) < 4.78 is 48.5. The van der Waals surface area contributed by atoms with Crippen LogP contribution in [-0.2, 0) is 23.7 Å². The van der Waals surface area contributed by atoms with E-state index in [1.54, 1.807) is 25.7 Å². The number of ether oxygens (including phenoxy) is 5. The molecule has 0 aliphatic carbocycles. The summed E-state index contributed by atoms with van der Waals surface area (Å²) in [5, 5.41) is 9.83. The van der Waals surface area contributed by atoms with Gasteiger partial charge in [-0.2, -0.15) is 0 Å². The number of alkyl halides is 2. The first-order chi connectivity index (χ1) is 16.2. The lowest BCUT2D eigenvalue weighted by molar-refractivity contribution is -0.0536. The lowest BCUT2D eigenvalue weighted by Gasteiger charge is -2.30. The van der Waals surface area contributed by atoms with E-state index in [1.807, 2.05) is 20.8 Å². The predicted molar refractivity (Wildman–Crippen MR) is 124 cm³/mol. The second-order valence-electron chi connectivity index (χ2n) is 10.7. The van der Waals surface area contributed by atoms with Crippen LogP contribution in [0.15, 0.2) is 0 Å². The molecular formula is C23H42F2N2O8. The molecule has 2 unspecified atom stereocenters. The normalized spacial score (nSPS) is 26.8. The van der Waals surface area contributed by atoms with Crippen molar-refractivity contribution in [3.8, 4) is 0 Å². The van der Waals surface area contributed by atoms with Crippen LogP contribution < -0.4 is 0 Å². The maximum absolute atomic E-state index is 12.7. The molecule has 3 fully saturated rings. The molecule has 0 saturated carbocycles. The predicted octanol–water partition coefficient (Wildman–Crippen LogP) is 2.56. The highest BCUT2D eigenvalue weighted by Crippen LogP contribution is 2.30. The van der Waals surface area contributed by atoms with Crippen molar-refractivity contribution in [1.82, 2.24) is 9.80 Å². The van der Waals surface area contributed by atoms with E-state index < -0.39 is 29.6 Å². The van der Waals surface area contributed by atoms with Crippen LogP contribution >= 0.6 is 0 Å². The lowest BCUT2D eigenvalue weighted by Crippen LogP contribution is -2.49. The molecular weight excluding hydrogens is 470 g/mol. The number of epoxide rings is 1. The summed E-state index contributed by atoms with van der Waals surface area (Å²) in [6.07, 6.45) is -0.845. The maximum atomic E-state index is 12.7. The van der Waals surface area contributed by atoms with Crippen LogP contribution in [0.25, 0.3) is 0 Å². The van der Waals surface area contributed by atoms with Gasteiger partial charge in [-0.25, -0.2) is 14.0 Å². The number of carbonyl (C=O) groups excluding carboxylic acids is 2. The number of hydrogen-bond donors (Lipinski definition) is 1. The molecule has 3 heterocycles. The minimum Gasteiger partial charge on any atom is -0.444 e. The van der Waals surface area contributed by atoms with Gasteiger partial charge in [-0.3, -0.25) is 4.39 Å². The topological polar surface area (TPSA) is 110 Å². The minimum absolute atomic E-state index is 0.108. The van der Waals surface area contributed by atoms with Gasteiger partial charge >= 0.3 is 12.2 Å². The molecule has 2 amide bonds. The maximum Gasteiger partial charge on any atom is 0.410 e. The van der Waals surface area contributed by atoms with Crippen LogP contribution in [0.3, 0.4) is 0 Å². The summed E-state index contributed by atoms with van der Waals surface area (Å²) in [6, 6.07) is 0. The van der Waals surface area contributed by atoms with E-state index in [1.165, 1.54) is 4.90 Å². The van der Waals surface area contributed by atoms with Crippen molar-refractivity contribution in [1.29, 1.82) is 0 Å². The van der Waals surface area contributed by atoms with Crippen molar-refractivity contribution in [3.63, 3.8) is 0 Å². The Hall–Kier alpha value is -1.76. The number of aliphatic hydroxyl groups is 1. The number of nitrogens with zero attached hydrogens (tertiary/aromatic N) is 2. The highest BCUT2D eigenvalue weighted by molar-refractivity contribution is 5.68. The first-order valence-corrected chi connectivity index (χ1v) is 11.6. The smallest absolute Gasteiger partial charge is 0.410 e. The fourth-order valence-corrected chi connectivity index (χ4v) is 3.14. The van der Waals surface area contributed by atoms with Crippen molar-refractivity contribution in [2.45, 2.75) is 63.9 Å². The third kappa shape index (κ3) is 11.7. The zero-order valence-corrected chi connectivity index (χ0v) is 22.0. The Morgan fingerprint density at radius 3 is 1.69 bits per heavy atom. The van der Waals surface area contributed by atoms with Gasteiger partial charge in [-0.15, -0.1) is 0 Å². The van der Waals surface area contributed by atoms with Crippen molar-refractivity contribution >= 4 is 12.2 Å². The van der Waals surface area contributed by atoms with Crippen LogP contribution in [0.4, 0.5) is 18.4 Å². The van der Waals surface area contributed by atoms with Gasteiger partial charge in [-0.05, 0) is 41.5 Å². The Labute approximate surface area is 206 Å². The molecule has 10 nitrogen and oxygen atoms in total. The molecule has 3 aliphatic rings. The summed E-state index contributed by atoms with van der Waals surface area (Å²) in [5.74, 6) is 0. The number of hydrogen-bond acceptors (Lipinski definition) is 8. The van der Waals surface area contributed by atoms with Crippen LogP contribution in [0.1, 0.15) is 41.5 Å². The minimum atomic E-state index is -1.63. The molecule has 35 heavy (non-hydrogen) atoms. The van der Waals surface area contributed by atoms with Crippen LogP contribution in [0, 0.1) is 0 Å². The molecule has 0 radical (unpaired) electrons. The molecule has 0 aromatic heterocycles. The van der Waals surface area contributed by atoms with Gasteiger partial charge in [0.15, 0.2) is 0 Å². The average Bonchev–Trinajstić information content (AvgIpc) is 3.56. The van der Waals surface area contributed by atoms with Gasteiger partial charge in [0.1, 0.15) is 29.1 Å². The third-order valence-electron chi connectivity index (χ3n) is 4.82. The fourth-order valence-electron chi connectivity index (χ4n) is 3.14. The summed E-state index contributed by atoms with van der Waals surface area (Å²) in [6.45, 7) is 13.2. The quantitative estimate of drug-likeness (QED) is 0.534. The van der Waals surface area contributed by atoms with E-state index in [9.17, 15) is 23.5 Å². The molecule has 206 valence electrons. The highest BCUT2D eigenvalue weighted by atomic mass is 19.1. The monoisotopic (exact) mass is 512 g/mol. The van der Waals surface area contributed by atoms with Gasteiger partial charge in [-0.1, -0.05) is 0 Å². The molecule has 2 atom stereocenters. The molecule has 0 aromatic rings. The van der Waals surface area contributed by atoms with Crippen molar-refractivity contribution in [2.75, 3.05) is 73.1 Å². The van der Waals surface area contributed by atoms with E-state index in [0.29, 0.717) is 40.1 Å². The molecule has 3 rings (SSSR count). The van der Waals surface area contributed by atoms with E-state index in [-0.39, 0.29) is 38.0 Å². The molecule has 3 saturated heterocycles. The average molecular weight is 513 g/mol. The second-order valence-corrected chi connectivity index (χ2v) is 10.7. The second kappa shape index (κ2) is 13.0. The zero-order chi connectivity index (χ0) is 26.9. The Morgan fingerprint density at radius 2 is 1.29 bits per heavy atom. The van der Waals surface area contributed by atoms with Crippen molar-refractivity contribution in [3.05, 3.63) is 0 Å². The van der Waals surface area contributed by atoms with Gasteiger partial charge in [0.05, 0.1) is 53.3 Å². The number of β-amino-alcohol motifs (C(OH)–C–C–N with tert-alkyl or cyclic N) is 1. The highest BCUT2D eigenvalue weighted by Gasteiger charge is 2.49. The Balaban J connectivity index is 0.000000327.